The lowest BCUT2D eigenvalue weighted by Crippen LogP contribution is -2.44. The molecule has 0 amide bonds. The van der Waals surface area contributed by atoms with Gasteiger partial charge in [0.15, 0.2) is 0 Å². The van der Waals surface area contributed by atoms with Gasteiger partial charge in [0, 0.05) is 29.7 Å². The predicted octanol–water partition coefficient (Wildman–Crippen LogP) is 1.29. The predicted molar refractivity (Wildman–Crippen MR) is 53.6 cm³/mol. The van der Waals surface area contributed by atoms with Crippen molar-refractivity contribution in [2.24, 2.45) is 5.73 Å². The molecule has 0 aliphatic heterocycles. The fraction of sp³-hybridized carbons (Fsp3) is 0.500. The minimum Gasteiger partial charge on any atom is -0.382 e. The van der Waals surface area contributed by atoms with Gasteiger partial charge < -0.3 is 11.1 Å². The third-order valence-electron chi connectivity index (χ3n) is 2.44. The zero-order valence-corrected chi connectivity index (χ0v) is 7.83. The Morgan fingerprint density at radius 1 is 1.54 bits per heavy atom. The lowest BCUT2D eigenvalue weighted by molar-refractivity contribution is 0.373. The average molecular weight is 177 g/mol. The second-order valence-electron chi connectivity index (χ2n) is 3.76. The van der Waals surface area contributed by atoms with E-state index in [2.05, 4.69) is 16.4 Å². The van der Waals surface area contributed by atoms with Crippen LogP contribution in [0.5, 0.6) is 0 Å². The molecule has 1 fully saturated rings. The van der Waals surface area contributed by atoms with Gasteiger partial charge in [-0.15, -0.1) is 0 Å². The molecule has 2 rings (SSSR count). The molecule has 1 saturated carbocycles. The molecule has 1 aliphatic rings. The van der Waals surface area contributed by atoms with Gasteiger partial charge in [-0.05, 0) is 31.9 Å². The summed E-state index contributed by atoms with van der Waals surface area (Å²) in [4.78, 5) is 4.14. The van der Waals surface area contributed by atoms with Crippen LogP contribution in [0.1, 0.15) is 18.5 Å². The van der Waals surface area contributed by atoms with Gasteiger partial charge >= 0.3 is 0 Å². The summed E-state index contributed by atoms with van der Waals surface area (Å²) in [6, 6.07) is 5.03. The van der Waals surface area contributed by atoms with E-state index in [0.717, 1.165) is 24.2 Å². The Morgan fingerprint density at radius 3 is 2.92 bits per heavy atom. The highest BCUT2D eigenvalue weighted by Gasteiger charge is 2.25. The van der Waals surface area contributed by atoms with E-state index in [9.17, 15) is 0 Å². The van der Waals surface area contributed by atoms with Crippen molar-refractivity contribution in [3.63, 3.8) is 0 Å². The summed E-state index contributed by atoms with van der Waals surface area (Å²) in [5, 5.41) is 3.43. The molecule has 0 saturated heterocycles. The van der Waals surface area contributed by atoms with Crippen LogP contribution in [0.3, 0.4) is 0 Å². The molecule has 0 atom stereocenters. The third kappa shape index (κ3) is 1.98. The Hall–Kier alpha value is -1.09. The second kappa shape index (κ2) is 3.34. The van der Waals surface area contributed by atoms with Crippen LogP contribution >= 0.6 is 0 Å². The van der Waals surface area contributed by atoms with Crippen molar-refractivity contribution in [2.45, 2.75) is 31.8 Å². The van der Waals surface area contributed by atoms with Crippen LogP contribution in [0.4, 0.5) is 5.69 Å². The van der Waals surface area contributed by atoms with Crippen molar-refractivity contribution in [3.8, 4) is 0 Å². The maximum absolute atomic E-state index is 5.70. The highest BCUT2D eigenvalue weighted by atomic mass is 15.0. The van der Waals surface area contributed by atoms with Crippen molar-refractivity contribution in [1.29, 1.82) is 0 Å². The Balaban J connectivity index is 1.94. The minimum atomic E-state index is 0.403. The topological polar surface area (TPSA) is 50.9 Å². The van der Waals surface area contributed by atoms with Gasteiger partial charge in [0.05, 0.1) is 0 Å². The van der Waals surface area contributed by atoms with E-state index >= 15 is 0 Å². The average Bonchev–Trinajstić information content (AvgIpc) is 2.01. The van der Waals surface area contributed by atoms with Crippen LogP contribution in [0, 0.1) is 6.92 Å². The summed E-state index contributed by atoms with van der Waals surface area (Å²) < 4.78 is 0. The molecule has 3 N–H and O–H groups in total. The fourth-order valence-corrected chi connectivity index (χ4v) is 1.65. The zero-order chi connectivity index (χ0) is 9.26. The molecule has 0 bridgehead atoms. The van der Waals surface area contributed by atoms with Gasteiger partial charge in [-0.25, -0.2) is 0 Å². The summed E-state index contributed by atoms with van der Waals surface area (Å²) in [7, 11) is 0. The summed E-state index contributed by atoms with van der Waals surface area (Å²) >= 11 is 0. The molecule has 3 heteroatoms. The van der Waals surface area contributed by atoms with Crippen molar-refractivity contribution < 1.29 is 0 Å². The summed E-state index contributed by atoms with van der Waals surface area (Å²) in [5.74, 6) is 0. The monoisotopic (exact) mass is 177 g/mol. The SMILES string of the molecule is Cc1cc(NC2CC(N)C2)ccn1. The number of hydrogen-bond acceptors (Lipinski definition) is 3. The number of anilines is 1. The number of nitrogens with two attached hydrogens (primary N) is 1. The van der Waals surface area contributed by atoms with Crippen LogP contribution in [0.25, 0.3) is 0 Å². The third-order valence-corrected chi connectivity index (χ3v) is 2.44. The summed E-state index contributed by atoms with van der Waals surface area (Å²) in [6.07, 6.45) is 4.00. The van der Waals surface area contributed by atoms with Crippen molar-refractivity contribution >= 4 is 5.69 Å². The van der Waals surface area contributed by atoms with Crippen molar-refractivity contribution in [3.05, 3.63) is 24.0 Å². The number of nitrogens with one attached hydrogen (secondary N) is 1. The Bertz CT molecular complexity index is 292. The van der Waals surface area contributed by atoms with Crippen molar-refractivity contribution in [2.75, 3.05) is 5.32 Å². The van der Waals surface area contributed by atoms with E-state index in [0.29, 0.717) is 12.1 Å². The smallest absolute Gasteiger partial charge is 0.0393 e. The maximum atomic E-state index is 5.70. The Kier molecular flexibility index (Phi) is 2.19. The number of pyridine rings is 1. The maximum Gasteiger partial charge on any atom is 0.0393 e. The van der Waals surface area contributed by atoms with Crippen LogP contribution in [-0.4, -0.2) is 17.1 Å². The summed E-state index contributed by atoms with van der Waals surface area (Å²) in [6.45, 7) is 2.00. The second-order valence-corrected chi connectivity index (χ2v) is 3.76. The molecule has 0 spiro atoms. The van der Waals surface area contributed by atoms with Gasteiger partial charge in [-0.3, -0.25) is 4.98 Å². The first-order valence-corrected chi connectivity index (χ1v) is 4.69. The van der Waals surface area contributed by atoms with Gasteiger partial charge in [-0.1, -0.05) is 0 Å². The lowest BCUT2D eigenvalue weighted by atomic mass is 9.87. The van der Waals surface area contributed by atoms with E-state index < -0.39 is 0 Å². The first kappa shape index (κ1) is 8.51. The van der Waals surface area contributed by atoms with E-state index in [1.54, 1.807) is 0 Å². The molecular weight excluding hydrogens is 162 g/mol. The molecule has 13 heavy (non-hydrogen) atoms. The standard InChI is InChI=1S/C10H15N3/c1-7-4-9(2-3-12-7)13-10-5-8(11)6-10/h2-4,8,10H,5-6,11H2,1H3,(H,12,13). The normalized spacial score (nSPS) is 26.6. The lowest BCUT2D eigenvalue weighted by Gasteiger charge is -2.33. The Labute approximate surface area is 78.4 Å². The molecule has 1 aromatic heterocycles. The molecule has 0 radical (unpaired) electrons. The number of rotatable bonds is 2. The van der Waals surface area contributed by atoms with Gasteiger partial charge in [-0.2, -0.15) is 0 Å². The van der Waals surface area contributed by atoms with E-state index in [1.807, 2.05) is 19.2 Å². The van der Waals surface area contributed by atoms with Crippen LogP contribution in [-0.2, 0) is 0 Å². The van der Waals surface area contributed by atoms with Crippen LogP contribution < -0.4 is 11.1 Å². The van der Waals surface area contributed by atoms with Gasteiger partial charge in [0.2, 0.25) is 0 Å². The quantitative estimate of drug-likeness (QED) is 0.715. The van der Waals surface area contributed by atoms with Gasteiger partial charge in [0.25, 0.3) is 0 Å². The van der Waals surface area contributed by atoms with E-state index in [-0.39, 0.29) is 0 Å². The molecule has 3 nitrogen and oxygen atoms in total. The van der Waals surface area contributed by atoms with Crippen molar-refractivity contribution in [1.82, 2.24) is 4.98 Å². The first-order chi connectivity index (χ1) is 6.24. The molecule has 0 unspecified atom stereocenters. The largest absolute Gasteiger partial charge is 0.382 e. The molecule has 0 aromatic carbocycles. The number of aryl methyl sites for hydroxylation is 1. The highest BCUT2D eigenvalue weighted by molar-refractivity contribution is 5.44. The Morgan fingerprint density at radius 2 is 2.31 bits per heavy atom. The molecule has 1 aliphatic carbocycles. The van der Waals surface area contributed by atoms with E-state index in [1.165, 1.54) is 0 Å². The fourth-order valence-electron chi connectivity index (χ4n) is 1.65. The van der Waals surface area contributed by atoms with Crippen LogP contribution in [0.2, 0.25) is 0 Å². The molecule has 70 valence electrons. The first-order valence-electron chi connectivity index (χ1n) is 4.69. The number of nitrogens with zero attached hydrogens (tertiary/aromatic N) is 1. The highest BCUT2D eigenvalue weighted by Crippen LogP contribution is 2.22. The minimum absolute atomic E-state index is 0.403. The van der Waals surface area contributed by atoms with Gasteiger partial charge in [0.1, 0.15) is 0 Å². The number of aromatic nitrogens is 1. The zero-order valence-electron chi connectivity index (χ0n) is 7.83. The van der Waals surface area contributed by atoms with E-state index in [4.69, 9.17) is 5.73 Å². The summed E-state index contributed by atoms with van der Waals surface area (Å²) in [5.41, 5.74) is 7.91. The molecule has 1 aromatic rings. The van der Waals surface area contributed by atoms with Crippen LogP contribution in [0.15, 0.2) is 18.3 Å². The molecular formula is C10H15N3. The molecule has 1 heterocycles. The number of hydrogen-bond donors (Lipinski definition) is 2.